The largest absolute Gasteiger partial charge is 0.475 e. The number of carbonyl (C=O) groups excluding carboxylic acids is 4. The van der Waals surface area contributed by atoms with Gasteiger partial charge in [-0.05, 0) is 17.2 Å². The van der Waals surface area contributed by atoms with Crippen molar-refractivity contribution in [3.05, 3.63) is 65.7 Å². The third-order valence-corrected chi connectivity index (χ3v) is 6.79. The highest BCUT2D eigenvalue weighted by atomic mass is 32.2. The fourth-order valence-electron chi connectivity index (χ4n) is 3.99. The lowest BCUT2D eigenvalue weighted by atomic mass is 10.0. The quantitative estimate of drug-likeness (QED) is 0.353. The van der Waals surface area contributed by atoms with E-state index in [4.69, 9.17) is 23.7 Å². The summed E-state index contributed by atoms with van der Waals surface area (Å²) in [6.07, 6.45) is -2.78. The minimum absolute atomic E-state index is 0.145. The van der Waals surface area contributed by atoms with Crippen LogP contribution in [0.2, 0.25) is 0 Å². The molecule has 0 saturated carbocycles. The molecular formula is C27H30O9S. The molecule has 1 aliphatic heterocycles. The molecule has 198 valence electrons. The minimum atomic E-state index is -1.20. The molecular weight excluding hydrogens is 500 g/mol. The lowest BCUT2D eigenvalue weighted by Gasteiger charge is -2.43. The maximum atomic E-state index is 12.1. The third-order valence-electron chi connectivity index (χ3n) is 5.40. The number of para-hydroxylation sites is 1. The van der Waals surface area contributed by atoms with E-state index in [9.17, 15) is 19.2 Å². The van der Waals surface area contributed by atoms with Gasteiger partial charge in [-0.2, -0.15) is 0 Å². The van der Waals surface area contributed by atoms with Gasteiger partial charge >= 0.3 is 23.9 Å². The summed E-state index contributed by atoms with van der Waals surface area (Å²) >= 11 is 1.17. The number of rotatable bonds is 9. The summed E-state index contributed by atoms with van der Waals surface area (Å²) < 4.78 is 28.2. The summed E-state index contributed by atoms with van der Waals surface area (Å²) in [5.74, 6) is -1.92. The van der Waals surface area contributed by atoms with Crippen LogP contribution in [0, 0.1) is 0 Å². The van der Waals surface area contributed by atoms with Crippen LogP contribution in [-0.4, -0.2) is 59.5 Å². The lowest BCUT2D eigenvalue weighted by Crippen LogP contribution is -2.59. The maximum absolute atomic E-state index is 12.1. The van der Waals surface area contributed by atoms with Crippen molar-refractivity contribution in [2.75, 3.05) is 6.61 Å². The van der Waals surface area contributed by atoms with E-state index in [1.807, 2.05) is 48.5 Å². The third kappa shape index (κ3) is 8.24. The maximum Gasteiger partial charge on any atom is 0.303 e. The molecule has 0 spiro atoms. The summed E-state index contributed by atoms with van der Waals surface area (Å²) in [5, 5.41) is -0.671. The second-order valence-corrected chi connectivity index (χ2v) is 9.80. The number of hydrogen-bond donors (Lipinski definition) is 0. The Labute approximate surface area is 219 Å². The summed E-state index contributed by atoms with van der Waals surface area (Å²) in [5.41, 5.74) is 1.09. The number of hydrogen-bond acceptors (Lipinski definition) is 10. The van der Waals surface area contributed by atoms with Crippen molar-refractivity contribution in [1.29, 1.82) is 0 Å². The van der Waals surface area contributed by atoms with Crippen LogP contribution in [0.3, 0.4) is 0 Å². The van der Waals surface area contributed by atoms with Crippen molar-refractivity contribution in [3.8, 4) is 5.75 Å². The monoisotopic (exact) mass is 530 g/mol. The van der Waals surface area contributed by atoms with Crippen LogP contribution in [0.5, 0.6) is 5.75 Å². The Morgan fingerprint density at radius 2 is 1.27 bits per heavy atom. The first kappa shape index (κ1) is 28.0. The molecule has 0 aromatic heterocycles. The van der Waals surface area contributed by atoms with Gasteiger partial charge in [0.25, 0.3) is 0 Å². The zero-order chi connectivity index (χ0) is 26.9. The number of esters is 4. The molecule has 1 aliphatic rings. The number of thioether (sulfide) groups is 1. The van der Waals surface area contributed by atoms with Crippen molar-refractivity contribution in [3.63, 3.8) is 0 Å². The van der Waals surface area contributed by atoms with E-state index in [0.29, 0.717) is 12.2 Å². The van der Waals surface area contributed by atoms with Crippen molar-refractivity contribution < 1.29 is 42.9 Å². The molecule has 10 heteroatoms. The van der Waals surface area contributed by atoms with E-state index in [1.165, 1.54) is 39.5 Å². The predicted molar refractivity (Wildman–Crippen MR) is 135 cm³/mol. The number of benzene rings is 2. The van der Waals surface area contributed by atoms with Gasteiger partial charge in [0, 0.05) is 34.1 Å². The normalized spacial score (nSPS) is 22.9. The molecule has 37 heavy (non-hydrogen) atoms. The van der Waals surface area contributed by atoms with E-state index >= 15 is 0 Å². The Bertz CT molecular complexity index is 1100. The highest BCUT2D eigenvalue weighted by Crippen LogP contribution is 2.40. The van der Waals surface area contributed by atoms with Crippen molar-refractivity contribution >= 4 is 35.6 Å². The Balaban J connectivity index is 1.98. The molecule has 0 bridgehead atoms. The van der Waals surface area contributed by atoms with Gasteiger partial charge in [-0.3, -0.25) is 19.2 Å². The van der Waals surface area contributed by atoms with Crippen LogP contribution in [0.25, 0.3) is 0 Å². The second kappa shape index (κ2) is 13.1. The van der Waals surface area contributed by atoms with E-state index in [1.54, 1.807) is 6.07 Å². The highest BCUT2D eigenvalue weighted by Gasteiger charge is 2.53. The van der Waals surface area contributed by atoms with E-state index < -0.39 is 52.9 Å². The summed E-state index contributed by atoms with van der Waals surface area (Å²) in [6.45, 7) is 4.74. The summed E-state index contributed by atoms with van der Waals surface area (Å²) in [7, 11) is 0. The predicted octanol–water partition coefficient (Wildman–Crippen LogP) is 3.46. The molecule has 2 aromatic rings. The van der Waals surface area contributed by atoms with Crippen LogP contribution >= 0.6 is 11.8 Å². The lowest BCUT2D eigenvalue weighted by molar-refractivity contribution is -0.190. The smallest absolute Gasteiger partial charge is 0.303 e. The topological polar surface area (TPSA) is 114 Å². The standard InChI is InChI=1S/C27H30O9S/c1-16(28)32-15-23-24(33-17(2)29)25(34-18(3)30)26(35-19(4)31)27(37-23)36-22-13-9-8-12-21(22)14-20-10-6-5-7-11-20/h5-13,23-27H,14-15H2,1-4H3/t23-,24+,25-,26+,27-/m0/s1. The highest BCUT2D eigenvalue weighted by molar-refractivity contribution is 8.00. The van der Waals surface area contributed by atoms with Gasteiger partial charge < -0.3 is 23.7 Å². The number of carbonyl (C=O) groups is 4. The van der Waals surface area contributed by atoms with Gasteiger partial charge in [-0.15, -0.1) is 11.8 Å². The zero-order valence-electron chi connectivity index (χ0n) is 21.1. The Morgan fingerprint density at radius 1 is 0.703 bits per heavy atom. The molecule has 1 fully saturated rings. The van der Waals surface area contributed by atoms with E-state index in [-0.39, 0.29) is 6.61 Å². The first-order valence-electron chi connectivity index (χ1n) is 11.7. The van der Waals surface area contributed by atoms with Crippen molar-refractivity contribution in [1.82, 2.24) is 0 Å². The van der Waals surface area contributed by atoms with Crippen molar-refractivity contribution in [2.24, 2.45) is 0 Å². The van der Waals surface area contributed by atoms with Crippen LogP contribution in [0.4, 0.5) is 0 Å². The molecule has 0 aliphatic carbocycles. The fraction of sp³-hybridized carbons (Fsp3) is 0.407. The average Bonchev–Trinajstić information content (AvgIpc) is 2.82. The first-order valence-corrected chi connectivity index (χ1v) is 12.7. The van der Waals surface area contributed by atoms with Crippen LogP contribution in [0.15, 0.2) is 54.6 Å². The molecule has 0 radical (unpaired) electrons. The molecule has 2 aromatic carbocycles. The minimum Gasteiger partial charge on any atom is -0.475 e. The van der Waals surface area contributed by atoms with Crippen molar-refractivity contribution in [2.45, 2.75) is 63.1 Å². The summed E-state index contributed by atoms with van der Waals surface area (Å²) in [6, 6.07) is 17.3. The number of ether oxygens (including phenoxy) is 5. The summed E-state index contributed by atoms with van der Waals surface area (Å²) in [4.78, 5) is 47.6. The molecule has 0 unspecified atom stereocenters. The fourth-order valence-corrected chi connectivity index (χ4v) is 5.37. The van der Waals surface area contributed by atoms with Crippen LogP contribution < -0.4 is 4.74 Å². The van der Waals surface area contributed by atoms with Gasteiger partial charge in [-0.25, -0.2) is 0 Å². The van der Waals surface area contributed by atoms with Gasteiger partial charge in [0.2, 0.25) is 0 Å². The molecule has 5 atom stereocenters. The first-order chi connectivity index (χ1) is 17.6. The molecule has 0 N–H and O–H groups in total. The van der Waals surface area contributed by atoms with E-state index in [0.717, 1.165) is 11.1 Å². The van der Waals surface area contributed by atoms with E-state index in [2.05, 4.69) is 0 Å². The zero-order valence-corrected chi connectivity index (χ0v) is 21.9. The van der Waals surface area contributed by atoms with Crippen LogP contribution in [0.1, 0.15) is 38.8 Å². The molecule has 9 nitrogen and oxygen atoms in total. The Kier molecular flexibility index (Phi) is 9.96. The molecule has 3 rings (SSSR count). The Morgan fingerprint density at radius 3 is 1.89 bits per heavy atom. The second-order valence-electron chi connectivity index (χ2n) is 8.46. The SMILES string of the molecule is CC(=O)OC[C@@H]1S[C@H](Oc2ccccc2Cc2ccccc2)[C@H](OC(C)=O)[C@@H](OC(C)=O)[C@@H]1OC(C)=O. The molecule has 0 amide bonds. The van der Waals surface area contributed by atoms with Gasteiger partial charge in [-0.1, -0.05) is 48.5 Å². The van der Waals surface area contributed by atoms with Gasteiger partial charge in [0.1, 0.15) is 12.4 Å². The average molecular weight is 531 g/mol. The van der Waals surface area contributed by atoms with Gasteiger partial charge in [0.15, 0.2) is 23.7 Å². The Hall–Kier alpha value is -3.53. The molecule has 1 saturated heterocycles. The molecule has 1 heterocycles. The van der Waals surface area contributed by atoms with Gasteiger partial charge in [0.05, 0.1) is 5.25 Å². The van der Waals surface area contributed by atoms with Crippen LogP contribution in [-0.2, 0) is 44.5 Å².